The molecule has 3 rings (SSSR count). The van der Waals surface area contributed by atoms with Gasteiger partial charge in [0.2, 0.25) is 0 Å². The van der Waals surface area contributed by atoms with Crippen molar-refractivity contribution in [3.05, 3.63) is 53.9 Å². The van der Waals surface area contributed by atoms with E-state index in [1.54, 1.807) is 7.11 Å². The van der Waals surface area contributed by atoms with Crippen molar-refractivity contribution in [2.24, 2.45) is 0 Å². The van der Waals surface area contributed by atoms with Gasteiger partial charge in [0.15, 0.2) is 0 Å². The Hall–Kier alpha value is -2.07. The number of hydrogen-bond donors (Lipinski definition) is 1. The lowest BCUT2D eigenvalue weighted by atomic mass is 10.1. The van der Waals surface area contributed by atoms with E-state index in [-0.39, 0.29) is 0 Å². The van der Waals surface area contributed by atoms with E-state index in [2.05, 4.69) is 16.0 Å². The molecule has 0 bridgehead atoms. The van der Waals surface area contributed by atoms with Crippen LogP contribution in [0.2, 0.25) is 0 Å². The van der Waals surface area contributed by atoms with Crippen LogP contribution in [0.15, 0.2) is 42.7 Å². The standard InChI is InChI=1S/C17H21N3O/c1-21-17-7-6-15(18)10-14(17)12-20-9-3-5-16(20)13-4-2-8-19-11-13/h2,4,6-8,10-11,16H,3,5,9,12,18H2,1H3. The van der Waals surface area contributed by atoms with Crippen molar-refractivity contribution >= 4 is 5.69 Å². The zero-order chi connectivity index (χ0) is 14.7. The Bertz CT molecular complexity index is 600. The SMILES string of the molecule is COc1ccc(N)cc1CN1CCCC1c1cccnc1. The molecule has 1 aliphatic rings. The molecular weight excluding hydrogens is 262 g/mol. The average Bonchev–Trinajstić information content (AvgIpc) is 2.96. The maximum absolute atomic E-state index is 5.92. The summed E-state index contributed by atoms with van der Waals surface area (Å²) in [6.07, 6.45) is 6.18. The summed E-state index contributed by atoms with van der Waals surface area (Å²) in [5, 5.41) is 0. The van der Waals surface area contributed by atoms with Crippen LogP contribution in [-0.4, -0.2) is 23.5 Å². The molecule has 1 atom stereocenters. The normalized spacial score (nSPS) is 18.8. The predicted octanol–water partition coefficient (Wildman–Crippen LogP) is 3.01. The van der Waals surface area contributed by atoms with Gasteiger partial charge in [-0.05, 0) is 49.2 Å². The van der Waals surface area contributed by atoms with Gasteiger partial charge in [0.1, 0.15) is 5.75 Å². The number of pyridine rings is 1. The number of aromatic nitrogens is 1. The first-order chi connectivity index (χ1) is 10.3. The molecule has 1 saturated heterocycles. The monoisotopic (exact) mass is 283 g/mol. The second-order valence-electron chi connectivity index (χ2n) is 5.49. The van der Waals surface area contributed by atoms with Crippen molar-refractivity contribution in [3.8, 4) is 5.75 Å². The maximum atomic E-state index is 5.92. The molecule has 110 valence electrons. The molecule has 2 aromatic rings. The van der Waals surface area contributed by atoms with Crippen molar-refractivity contribution in [2.75, 3.05) is 19.4 Å². The van der Waals surface area contributed by atoms with Gasteiger partial charge in [-0.1, -0.05) is 6.07 Å². The van der Waals surface area contributed by atoms with Crippen molar-refractivity contribution in [1.82, 2.24) is 9.88 Å². The number of ether oxygens (including phenoxy) is 1. The Morgan fingerprint density at radius 2 is 2.29 bits per heavy atom. The van der Waals surface area contributed by atoms with Crippen molar-refractivity contribution in [2.45, 2.75) is 25.4 Å². The van der Waals surface area contributed by atoms with Gasteiger partial charge < -0.3 is 10.5 Å². The molecule has 0 aliphatic carbocycles. The largest absolute Gasteiger partial charge is 0.496 e. The summed E-state index contributed by atoms with van der Waals surface area (Å²) in [5.41, 5.74) is 9.13. The van der Waals surface area contributed by atoms with E-state index in [1.807, 2.05) is 36.7 Å². The van der Waals surface area contributed by atoms with E-state index in [9.17, 15) is 0 Å². The highest BCUT2D eigenvalue weighted by atomic mass is 16.5. The topological polar surface area (TPSA) is 51.4 Å². The highest BCUT2D eigenvalue weighted by molar-refractivity contribution is 5.47. The molecule has 4 nitrogen and oxygen atoms in total. The number of methoxy groups -OCH3 is 1. The number of nitrogen functional groups attached to an aromatic ring is 1. The molecule has 0 radical (unpaired) electrons. The van der Waals surface area contributed by atoms with Crippen LogP contribution in [0.25, 0.3) is 0 Å². The van der Waals surface area contributed by atoms with Crippen LogP contribution < -0.4 is 10.5 Å². The Labute approximate surface area is 125 Å². The van der Waals surface area contributed by atoms with Gasteiger partial charge >= 0.3 is 0 Å². The molecule has 21 heavy (non-hydrogen) atoms. The van der Waals surface area contributed by atoms with Crippen molar-refractivity contribution in [3.63, 3.8) is 0 Å². The van der Waals surface area contributed by atoms with Gasteiger partial charge in [0, 0.05) is 36.2 Å². The molecule has 0 spiro atoms. The summed E-state index contributed by atoms with van der Waals surface area (Å²) >= 11 is 0. The van der Waals surface area contributed by atoms with Crippen LogP contribution in [0, 0.1) is 0 Å². The van der Waals surface area contributed by atoms with Gasteiger partial charge in [0.25, 0.3) is 0 Å². The van der Waals surface area contributed by atoms with Crippen LogP contribution in [0.4, 0.5) is 5.69 Å². The first kappa shape index (κ1) is 13.9. The fourth-order valence-electron chi connectivity index (χ4n) is 3.11. The lowest BCUT2D eigenvalue weighted by molar-refractivity contribution is 0.244. The van der Waals surface area contributed by atoms with Gasteiger partial charge in [0.05, 0.1) is 7.11 Å². The number of nitrogens with two attached hydrogens (primary N) is 1. The average molecular weight is 283 g/mol. The van der Waals surface area contributed by atoms with Crippen molar-refractivity contribution < 1.29 is 4.74 Å². The van der Waals surface area contributed by atoms with Gasteiger partial charge in [-0.15, -0.1) is 0 Å². The molecular formula is C17H21N3O. The number of likely N-dealkylation sites (tertiary alicyclic amines) is 1. The van der Waals surface area contributed by atoms with Crippen molar-refractivity contribution in [1.29, 1.82) is 0 Å². The zero-order valence-electron chi connectivity index (χ0n) is 12.3. The summed E-state index contributed by atoms with van der Waals surface area (Å²) in [6.45, 7) is 1.95. The van der Waals surface area contributed by atoms with Gasteiger partial charge in [-0.3, -0.25) is 9.88 Å². The smallest absolute Gasteiger partial charge is 0.123 e. The summed E-state index contributed by atoms with van der Waals surface area (Å²) in [7, 11) is 1.71. The number of anilines is 1. The Morgan fingerprint density at radius 1 is 1.38 bits per heavy atom. The molecule has 1 aromatic carbocycles. The van der Waals surface area contributed by atoms with E-state index < -0.39 is 0 Å². The molecule has 4 heteroatoms. The first-order valence-corrected chi connectivity index (χ1v) is 7.34. The molecule has 1 unspecified atom stereocenters. The molecule has 2 N–H and O–H groups in total. The summed E-state index contributed by atoms with van der Waals surface area (Å²) in [5.74, 6) is 0.904. The minimum atomic E-state index is 0.435. The minimum absolute atomic E-state index is 0.435. The van der Waals surface area contributed by atoms with Crippen LogP contribution >= 0.6 is 0 Å². The fraction of sp³-hybridized carbons (Fsp3) is 0.353. The molecule has 0 amide bonds. The Kier molecular flexibility index (Phi) is 4.06. The van der Waals surface area contributed by atoms with E-state index >= 15 is 0 Å². The second-order valence-corrected chi connectivity index (χ2v) is 5.49. The van der Waals surface area contributed by atoms with E-state index in [1.165, 1.54) is 18.4 Å². The van der Waals surface area contributed by atoms with Crippen LogP contribution in [-0.2, 0) is 6.54 Å². The highest BCUT2D eigenvalue weighted by Crippen LogP contribution is 2.34. The van der Waals surface area contributed by atoms with Crippen LogP contribution in [0.3, 0.4) is 0 Å². The van der Waals surface area contributed by atoms with Crippen LogP contribution in [0.5, 0.6) is 5.75 Å². The zero-order valence-corrected chi connectivity index (χ0v) is 12.3. The third kappa shape index (κ3) is 3.00. The predicted molar refractivity (Wildman–Crippen MR) is 84.0 cm³/mol. The number of benzene rings is 1. The summed E-state index contributed by atoms with van der Waals surface area (Å²) in [4.78, 5) is 6.73. The number of nitrogens with zero attached hydrogens (tertiary/aromatic N) is 2. The van der Waals surface area contributed by atoms with Gasteiger partial charge in [-0.25, -0.2) is 0 Å². The number of rotatable bonds is 4. The third-order valence-corrected chi connectivity index (χ3v) is 4.11. The highest BCUT2D eigenvalue weighted by Gasteiger charge is 2.26. The fourth-order valence-corrected chi connectivity index (χ4v) is 3.11. The third-order valence-electron chi connectivity index (χ3n) is 4.11. The van der Waals surface area contributed by atoms with E-state index in [4.69, 9.17) is 10.5 Å². The van der Waals surface area contributed by atoms with Gasteiger partial charge in [-0.2, -0.15) is 0 Å². The molecule has 1 fully saturated rings. The second kappa shape index (κ2) is 6.14. The lowest BCUT2D eigenvalue weighted by Crippen LogP contribution is -2.23. The van der Waals surface area contributed by atoms with E-state index in [0.717, 1.165) is 30.1 Å². The maximum Gasteiger partial charge on any atom is 0.123 e. The molecule has 0 saturated carbocycles. The summed E-state index contributed by atoms with van der Waals surface area (Å²) in [6, 6.07) is 10.4. The quantitative estimate of drug-likeness (QED) is 0.876. The summed E-state index contributed by atoms with van der Waals surface area (Å²) < 4.78 is 5.46. The Balaban J connectivity index is 1.82. The number of hydrogen-bond acceptors (Lipinski definition) is 4. The minimum Gasteiger partial charge on any atom is -0.496 e. The lowest BCUT2D eigenvalue weighted by Gasteiger charge is -2.25. The molecule has 1 aromatic heterocycles. The molecule has 1 aliphatic heterocycles. The molecule has 2 heterocycles. The Morgan fingerprint density at radius 3 is 3.05 bits per heavy atom. The first-order valence-electron chi connectivity index (χ1n) is 7.34. The van der Waals surface area contributed by atoms with E-state index in [0.29, 0.717) is 6.04 Å². The van der Waals surface area contributed by atoms with Crippen LogP contribution in [0.1, 0.15) is 30.0 Å².